The molecule has 3 rings (SSSR count). The first kappa shape index (κ1) is 15.5. The number of benzene rings is 1. The summed E-state index contributed by atoms with van der Waals surface area (Å²) < 4.78 is 0. The number of anilines is 1. The monoisotopic (exact) mass is 335 g/mol. The van der Waals surface area contributed by atoms with Crippen molar-refractivity contribution in [3.63, 3.8) is 0 Å². The van der Waals surface area contributed by atoms with Crippen molar-refractivity contribution in [2.75, 3.05) is 18.5 Å². The SMILES string of the molecule is Cc1ncc(CN(C)C2CCN(c3ccccc3Cl)C2=O)s1. The maximum Gasteiger partial charge on any atom is 0.244 e. The van der Waals surface area contributed by atoms with Crippen molar-refractivity contribution in [2.24, 2.45) is 0 Å². The summed E-state index contributed by atoms with van der Waals surface area (Å²) in [6.45, 7) is 3.45. The first-order valence-electron chi connectivity index (χ1n) is 7.23. The topological polar surface area (TPSA) is 36.4 Å². The second-order valence-electron chi connectivity index (χ2n) is 5.51. The van der Waals surface area contributed by atoms with E-state index in [9.17, 15) is 4.79 Å². The predicted octanol–water partition coefficient (Wildman–Crippen LogP) is 3.34. The minimum atomic E-state index is -0.0984. The Kier molecular flexibility index (Phi) is 4.47. The van der Waals surface area contributed by atoms with Crippen LogP contribution in [0.25, 0.3) is 0 Å². The van der Waals surface area contributed by atoms with Crippen LogP contribution in [0.4, 0.5) is 5.69 Å². The number of nitrogens with zero attached hydrogens (tertiary/aromatic N) is 3. The van der Waals surface area contributed by atoms with Crippen molar-refractivity contribution in [2.45, 2.75) is 25.9 Å². The molecule has 0 radical (unpaired) electrons. The molecule has 6 heteroatoms. The molecule has 1 aromatic heterocycles. The number of amides is 1. The van der Waals surface area contributed by atoms with Crippen molar-refractivity contribution >= 4 is 34.5 Å². The number of halogens is 1. The molecular weight excluding hydrogens is 318 g/mol. The van der Waals surface area contributed by atoms with Crippen LogP contribution in [-0.2, 0) is 11.3 Å². The van der Waals surface area contributed by atoms with Gasteiger partial charge in [-0.1, -0.05) is 23.7 Å². The number of likely N-dealkylation sites (N-methyl/N-ethyl adjacent to an activating group) is 1. The van der Waals surface area contributed by atoms with Gasteiger partial charge < -0.3 is 4.90 Å². The van der Waals surface area contributed by atoms with Gasteiger partial charge >= 0.3 is 0 Å². The molecule has 2 heterocycles. The number of aromatic nitrogens is 1. The van der Waals surface area contributed by atoms with E-state index in [4.69, 9.17) is 11.6 Å². The van der Waals surface area contributed by atoms with Gasteiger partial charge in [0, 0.05) is 24.2 Å². The summed E-state index contributed by atoms with van der Waals surface area (Å²) in [5.41, 5.74) is 0.804. The number of thiazole rings is 1. The van der Waals surface area contributed by atoms with Gasteiger partial charge in [-0.25, -0.2) is 4.98 Å². The van der Waals surface area contributed by atoms with Crippen LogP contribution >= 0.6 is 22.9 Å². The lowest BCUT2D eigenvalue weighted by Crippen LogP contribution is -2.39. The zero-order valence-corrected chi connectivity index (χ0v) is 14.2. The van der Waals surface area contributed by atoms with E-state index in [1.165, 1.54) is 4.88 Å². The summed E-state index contributed by atoms with van der Waals surface area (Å²) in [6.07, 6.45) is 2.71. The van der Waals surface area contributed by atoms with Gasteiger partial charge in [0.2, 0.25) is 5.91 Å². The van der Waals surface area contributed by atoms with Gasteiger partial charge in [0.05, 0.1) is 21.8 Å². The van der Waals surface area contributed by atoms with Crippen molar-refractivity contribution < 1.29 is 4.79 Å². The fourth-order valence-electron chi connectivity index (χ4n) is 2.82. The number of carbonyl (C=O) groups excluding carboxylic acids is 1. The standard InChI is InChI=1S/C16H18ClN3OS/c1-11-18-9-12(22-11)10-19(2)15-7-8-20(16(15)21)14-6-4-3-5-13(14)17/h3-6,9,15H,7-8,10H2,1-2H3. The van der Waals surface area contributed by atoms with Gasteiger partial charge in [-0.15, -0.1) is 11.3 Å². The molecule has 1 saturated heterocycles. The summed E-state index contributed by atoms with van der Waals surface area (Å²) in [5.74, 6) is 0.122. The van der Waals surface area contributed by atoms with Crippen molar-refractivity contribution in [3.05, 3.63) is 45.4 Å². The Hall–Kier alpha value is -1.43. The third-order valence-electron chi connectivity index (χ3n) is 3.93. The quantitative estimate of drug-likeness (QED) is 0.859. The first-order chi connectivity index (χ1) is 10.6. The molecule has 1 aliphatic heterocycles. The van der Waals surface area contributed by atoms with E-state index in [0.29, 0.717) is 11.6 Å². The average molecular weight is 336 g/mol. The van der Waals surface area contributed by atoms with E-state index in [1.807, 2.05) is 44.4 Å². The minimum Gasteiger partial charge on any atom is -0.310 e. The molecule has 1 atom stereocenters. The van der Waals surface area contributed by atoms with Crippen LogP contribution in [0, 0.1) is 6.92 Å². The van der Waals surface area contributed by atoms with Crippen LogP contribution in [-0.4, -0.2) is 35.4 Å². The summed E-state index contributed by atoms with van der Waals surface area (Å²) in [7, 11) is 1.99. The maximum absolute atomic E-state index is 12.7. The number of aryl methyl sites for hydroxylation is 1. The highest BCUT2D eigenvalue weighted by molar-refractivity contribution is 7.11. The van der Waals surface area contributed by atoms with E-state index >= 15 is 0 Å². The minimum absolute atomic E-state index is 0.0984. The molecule has 1 aliphatic rings. The Balaban J connectivity index is 1.72. The molecular formula is C16H18ClN3OS. The molecule has 0 spiro atoms. The molecule has 116 valence electrons. The van der Waals surface area contributed by atoms with Crippen LogP contribution in [0.5, 0.6) is 0 Å². The fourth-order valence-corrected chi connectivity index (χ4v) is 3.91. The lowest BCUT2D eigenvalue weighted by molar-refractivity contribution is -0.121. The third-order valence-corrected chi connectivity index (χ3v) is 5.14. The maximum atomic E-state index is 12.7. The van der Waals surface area contributed by atoms with Gasteiger partial charge in [-0.05, 0) is 32.5 Å². The van der Waals surface area contributed by atoms with Gasteiger partial charge in [0.15, 0.2) is 0 Å². The zero-order chi connectivity index (χ0) is 15.7. The number of rotatable bonds is 4. The number of para-hydroxylation sites is 1. The summed E-state index contributed by atoms with van der Waals surface area (Å²) >= 11 is 7.89. The van der Waals surface area contributed by atoms with Gasteiger partial charge in [0.25, 0.3) is 0 Å². The van der Waals surface area contributed by atoms with Crippen LogP contribution in [0.15, 0.2) is 30.5 Å². The smallest absolute Gasteiger partial charge is 0.244 e. The molecule has 0 saturated carbocycles. The van der Waals surface area contributed by atoms with Crippen molar-refractivity contribution in [1.82, 2.24) is 9.88 Å². The second kappa shape index (κ2) is 6.36. The molecule has 0 bridgehead atoms. The van der Waals surface area contributed by atoms with Gasteiger partial charge in [0.1, 0.15) is 0 Å². The molecule has 0 N–H and O–H groups in total. The van der Waals surface area contributed by atoms with E-state index in [0.717, 1.165) is 23.7 Å². The molecule has 1 unspecified atom stereocenters. The molecule has 0 aliphatic carbocycles. The molecule has 1 amide bonds. The average Bonchev–Trinajstić information content (AvgIpc) is 3.06. The largest absolute Gasteiger partial charge is 0.310 e. The van der Waals surface area contributed by atoms with Crippen LogP contribution < -0.4 is 4.90 Å². The lowest BCUT2D eigenvalue weighted by Gasteiger charge is -2.23. The molecule has 1 fully saturated rings. The number of hydrogen-bond acceptors (Lipinski definition) is 4. The highest BCUT2D eigenvalue weighted by Crippen LogP contribution is 2.30. The summed E-state index contributed by atoms with van der Waals surface area (Å²) in [5, 5.41) is 1.68. The normalized spacial score (nSPS) is 18.5. The molecule has 4 nitrogen and oxygen atoms in total. The predicted molar refractivity (Wildman–Crippen MR) is 90.5 cm³/mol. The Bertz CT molecular complexity index is 688. The van der Waals surface area contributed by atoms with Crippen LogP contribution in [0.1, 0.15) is 16.3 Å². The number of carbonyl (C=O) groups is 1. The molecule has 22 heavy (non-hydrogen) atoms. The van der Waals surface area contributed by atoms with E-state index in [1.54, 1.807) is 16.2 Å². The number of hydrogen-bond donors (Lipinski definition) is 0. The molecule has 2 aromatic rings. The van der Waals surface area contributed by atoms with Crippen LogP contribution in [0.2, 0.25) is 5.02 Å². The molecule has 1 aromatic carbocycles. The summed E-state index contributed by atoms with van der Waals surface area (Å²) in [6, 6.07) is 7.41. The highest BCUT2D eigenvalue weighted by Gasteiger charge is 2.35. The van der Waals surface area contributed by atoms with E-state index < -0.39 is 0 Å². The Morgan fingerprint density at radius 1 is 1.45 bits per heavy atom. The first-order valence-corrected chi connectivity index (χ1v) is 8.43. The van der Waals surface area contributed by atoms with E-state index in [-0.39, 0.29) is 11.9 Å². The lowest BCUT2D eigenvalue weighted by atomic mass is 10.2. The van der Waals surface area contributed by atoms with Crippen molar-refractivity contribution in [3.8, 4) is 0 Å². The van der Waals surface area contributed by atoms with Gasteiger partial charge in [-0.3, -0.25) is 9.69 Å². The second-order valence-corrected chi connectivity index (χ2v) is 7.23. The highest BCUT2D eigenvalue weighted by atomic mass is 35.5. The Morgan fingerprint density at radius 2 is 2.23 bits per heavy atom. The van der Waals surface area contributed by atoms with Crippen molar-refractivity contribution in [1.29, 1.82) is 0 Å². The Labute approximate surface area is 139 Å². The Morgan fingerprint density at radius 3 is 2.91 bits per heavy atom. The fraction of sp³-hybridized carbons (Fsp3) is 0.375. The van der Waals surface area contributed by atoms with E-state index in [2.05, 4.69) is 9.88 Å². The van der Waals surface area contributed by atoms with Crippen LogP contribution in [0.3, 0.4) is 0 Å². The van der Waals surface area contributed by atoms with Gasteiger partial charge in [-0.2, -0.15) is 0 Å². The third kappa shape index (κ3) is 3.02. The summed E-state index contributed by atoms with van der Waals surface area (Å²) in [4.78, 5) is 22.1. The zero-order valence-electron chi connectivity index (χ0n) is 12.6.